The Morgan fingerprint density at radius 2 is 2.00 bits per heavy atom. The first kappa shape index (κ1) is 16.5. The Kier molecular flexibility index (Phi) is 5.87. The fraction of sp³-hybridized carbons (Fsp3) is 0.700. The Hall–Kier alpha value is -0.820. The summed E-state index contributed by atoms with van der Waals surface area (Å²) in [4.78, 5) is 0. The number of benzene rings is 1. The minimum absolute atomic E-state index is 0.362. The van der Waals surface area contributed by atoms with Crippen molar-refractivity contribution >= 4 is 0 Å². The maximum atomic E-state index is 3.68. The number of fused-ring (bicyclic) bond motifs is 1. The van der Waals surface area contributed by atoms with Crippen LogP contribution < -0.4 is 5.32 Å². The van der Waals surface area contributed by atoms with Crippen molar-refractivity contribution in [2.45, 2.75) is 78.2 Å². The van der Waals surface area contributed by atoms with Gasteiger partial charge >= 0.3 is 0 Å². The van der Waals surface area contributed by atoms with Crippen LogP contribution in [0.3, 0.4) is 0 Å². The third kappa shape index (κ3) is 4.57. The topological polar surface area (TPSA) is 12.0 Å². The summed E-state index contributed by atoms with van der Waals surface area (Å²) >= 11 is 0. The summed E-state index contributed by atoms with van der Waals surface area (Å²) in [6.45, 7) is 10.4. The monoisotopic (exact) mass is 287 g/mol. The molecule has 1 nitrogen and oxygen atoms in total. The highest BCUT2D eigenvalue weighted by Crippen LogP contribution is 2.35. The second-order valence-corrected chi connectivity index (χ2v) is 7.70. The number of nitrogens with one attached hydrogen (secondary N) is 1. The summed E-state index contributed by atoms with van der Waals surface area (Å²) in [6, 6.07) is 9.75. The quantitative estimate of drug-likeness (QED) is 0.748. The van der Waals surface area contributed by atoms with Gasteiger partial charge in [0, 0.05) is 6.04 Å². The molecule has 2 atom stereocenters. The molecule has 1 aliphatic rings. The van der Waals surface area contributed by atoms with E-state index in [0.29, 0.717) is 11.5 Å². The predicted molar refractivity (Wildman–Crippen MR) is 92.9 cm³/mol. The molecule has 0 heterocycles. The molecule has 1 aliphatic carbocycles. The lowest BCUT2D eigenvalue weighted by atomic mass is 9.78. The third-order valence-corrected chi connectivity index (χ3v) is 5.03. The zero-order valence-electron chi connectivity index (χ0n) is 14.4. The van der Waals surface area contributed by atoms with Crippen LogP contribution in [0.4, 0.5) is 0 Å². The highest BCUT2D eigenvalue weighted by molar-refractivity contribution is 5.32. The first-order valence-corrected chi connectivity index (χ1v) is 8.83. The van der Waals surface area contributed by atoms with Gasteiger partial charge in [-0.15, -0.1) is 0 Å². The molecule has 0 bridgehead atoms. The van der Waals surface area contributed by atoms with Crippen LogP contribution in [0.2, 0.25) is 0 Å². The molecule has 0 aromatic heterocycles. The van der Waals surface area contributed by atoms with Gasteiger partial charge in [0.2, 0.25) is 0 Å². The van der Waals surface area contributed by atoms with Gasteiger partial charge in [0.1, 0.15) is 0 Å². The predicted octanol–water partition coefficient (Wildman–Crippen LogP) is 5.30. The minimum Gasteiger partial charge on any atom is -0.314 e. The van der Waals surface area contributed by atoms with Crippen molar-refractivity contribution in [3.8, 4) is 0 Å². The Labute approximate surface area is 131 Å². The van der Waals surface area contributed by atoms with Crippen LogP contribution in [0, 0.1) is 5.41 Å². The van der Waals surface area contributed by atoms with Crippen molar-refractivity contribution in [1.82, 2.24) is 5.32 Å². The van der Waals surface area contributed by atoms with E-state index in [1.165, 1.54) is 38.5 Å². The molecular weight excluding hydrogens is 254 g/mol. The molecule has 1 aromatic rings. The molecule has 0 spiro atoms. The third-order valence-electron chi connectivity index (χ3n) is 5.03. The van der Waals surface area contributed by atoms with Crippen LogP contribution in [-0.2, 0) is 6.42 Å². The molecule has 0 radical (unpaired) electrons. The van der Waals surface area contributed by atoms with Gasteiger partial charge in [-0.1, -0.05) is 58.4 Å². The van der Waals surface area contributed by atoms with Crippen molar-refractivity contribution in [3.63, 3.8) is 0 Å². The fourth-order valence-electron chi connectivity index (χ4n) is 3.81. The van der Waals surface area contributed by atoms with Crippen LogP contribution in [0.15, 0.2) is 24.3 Å². The second-order valence-electron chi connectivity index (χ2n) is 7.70. The van der Waals surface area contributed by atoms with Crippen molar-refractivity contribution in [3.05, 3.63) is 35.4 Å². The van der Waals surface area contributed by atoms with E-state index in [0.717, 1.165) is 12.5 Å². The van der Waals surface area contributed by atoms with Gasteiger partial charge in [0.15, 0.2) is 0 Å². The van der Waals surface area contributed by atoms with E-state index in [2.05, 4.69) is 57.3 Å². The molecular formula is C20H33N. The molecule has 0 amide bonds. The van der Waals surface area contributed by atoms with E-state index in [-0.39, 0.29) is 0 Å². The highest BCUT2D eigenvalue weighted by atomic mass is 14.9. The Bertz CT molecular complexity index is 430. The fourth-order valence-corrected chi connectivity index (χ4v) is 3.81. The van der Waals surface area contributed by atoms with Crippen molar-refractivity contribution in [2.75, 3.05) is 6.54 Å². The van der Waals surface area contributed by atoms with E-state index >= 15 is 0 Å². The lowest BCUT2D eigenvalue weighted by Crippen LogP contribution is -2.40. The van der Waals surface area contributed by atoms with E-state index in [1.807, 2.05) is 0 Å². The van der Waals surface area contributed by atoms with Gasteiger partial charge in [-0.3, -0.25) is 0 Å². The van der Waals surface area contributed by atoms with E-state index in [1.54, 1.807) is 11.1 Å². The molecule has 2 unspecified atom stereocenters. The van der Waals surface area contributed by atoms with Crippen LogP contribution in [0.25, 0.3) is 0 Å². The molecule has 21 heavy (non-hydrogen) atoms. The number of rotatable bonds is 6. The lowest BCUT2D eigenvalue weighted by Gasteiger charge is -2.32. The molecule has 118 valence electrons. The van der Waals surface area contributed by atoms with Gasteiger partial charge in [-0.2, -0.15) is 0 Å². The number of aryl methyl sites for hydroxylation is 1. The van der Waals surface area contributed by atoms with Crippen molar-refractivity contribution in [1.29, 1.82) is 0 Å². The molecule has 0 aliphatic heterocycles. The summed E-state index contributed by atoms with van der Waals surface area (Å²) in [5.74, 6) is 0.803. The van der Waals surface area contributed by atoms with E-state index in [9.17, 15) is 0 Å². The first-order chi connectivity index (χ1) is 10.0. The van der Waals surface area contributed by atoms with Gasteiger partial charge in [0.25, 0.3) is 0 Å². The zero-order valence-corrected chi connectivity index (χ0v) is 14.4. The highest BCUT2D eigenvalue weighted by Gasteiger charge is 2.24. The van der Waals surface area contributed by atoms with Gasteiger partial charge in [-0.05, 0) is 61.1 Å². The maximum Gasteiger partial charge on any atom is 0.0115 e. The number of hydrogen-bond acceptors (Lipinski definition) is 1. The van der Waals surface area contributed by atoms with E-state index in [4.69, 9.17) is 0 Å². The summed E-state index contributed by atoms with van der Waals surface area (Å²) < 4.78 is 0. The average molecular weight is 287 g/mol. The van der Waals surface area contributed by atoms with Gasteiger partial charge < -0.3 is 5.32 Å². The lowest BCUT2D eigenvalue weighted by molar-refractivity contribution is 0.250. The smallest absolute Gasteiger partial charge is 0.0115 e. The Morgan fingerprint density at radius 1 is 1.24 bits per heavy atom. The summed E-state index contributed by atoms with van der Waals surface area (Å²) in [7, 11) is 0. The first-order valence-electron chi connectivity index (χ1n) is 8.83. The molecule has 0 fully saturated rings. The molecule has 1 aromatic carbocycles. The minimum atomic E-state index is 0.362. The van der Waals surface area contributed by atoms with E-state index < -0.39 is 0 Å². The SMILES string of the molecule is CCNC(CCCC1CCCc2ccccc21)C(C)(C)C. The molecule has 1 N–H and O–H groups in total. The van der Waals surface area contributed by atoms with Crippen molar-refractivity contribution in [2.24, 2.45) is 5.41 Å². The largest absolute Gasteiger partial charge is 0.314 e. The summed E-state index contributed by atoms with van der Waals surface area (Å²) in [5.41, 5.74) is 3.60. The Balaban J connectivity index is 1.89. The van der Waals surface area contributed by atoms with Gasteiger partial charge in [-0.25, -0.2) is 0 Å². The Morgan fingerprint density at radius 3 is 2.71 bits per heavy atom. The molecule has 1 heteroatoms. The van der Waals surface area contributed by atoms with Crippen LogP contribution in [0.5, 0.6) is 0 Å². The number of hydrogen-bond donors (Lipinski definition) is 1. The molecule has 2 rings (SSSR count). The molecule has 0 saturated heterocycles. The van der Waals surface area contributed by atoms with Crippen LogP contribution in [-0.4, -0.2) is 12.6 Å². The normalized spacial score (nSPS) is 20.1. The van der Waals surface area contributed by atoms with Crippen molar-refractivity contribution < 1.29 is 0 Å². The maximum absolute atomic E-state index is 3.68. The molecule has 0 saturated carbocycles. The second kappa shape index (κ2) is 7.45. The average Bonchev–Trinajstić information content (AvgIpc) is 2.45. The van der Waals surface area contributed by atoms with Gasteiger partial charge in [0.05, 0.1) is 0 Å². The standard InChI is InChI=1S/C20H33N/c1-5-21-19(20(2,3)4)15-9-13-17-12-8-11-16-10-6-7-14-18(16)17/h6-7,10,14,17,19,21H,5,8-9,11-13,15H2,1-4H3. The zero-order chi connectivity index (χ0) is 15.3. The van der Waals surface area contributed by atoms with Crippen LogP contribution in [0.1, 0.15) is 76.8 Å². The van der Waals surface area contributed by atoms with Crippen LogP contribution >= 0.6 is 0 Å². The summed E-state index contributed by atoms with van der Waals surface area (Å²) in [5, 5.41) is 3.68. The summed E-state index contributed by atoms with van der Waals surface area (Å²) in [6.07, 6.45) is 8.05.